The van der Waals surface area contributed by atoms with Crippen molar-refractivity contribution in [2.75, 3.05) is 6.61 Å². The summed E-state index contributed by atoms with van der Waals surface area (Å²) < 4.78 is 0. The Balaban J connectivity index is 2.58. The highest BCUT2D eigenvalue weighted by molar-refractivity contribution is 5.48. The molecule has 0 spiro atoms. The van der Waals surface area contributed by atoms with Gasteiger partial charge >= 0.3 is 0 Å². The highest BCUT2D eigenvalue weighted by Crippen LogP contribution is 2.39. The fourth-order valence-electron chi connectivity index (χ4n) is 3.38. The maximum Gasteiger partial charge on any atom is 0.119 e. The molecule has 0 fully saturated rings. The molecule has 0 saturated carbocycles. The topological polar surface area (TPSA) is 60.7 Å². The first-order valence-corrected chi connectivity index (χ1v) is 8.93. The van der Waals surface area contributed by atoms with Gasteiger partial charge < -0.3 is 15.3 Å². The number of hydrogen-bond acceptors (Lipinski definition) is 3. The summed E-state index contributed by atoms with van der Waals surface area (Å²) in [5.41, 5.74) is 3.44. The second-order valence-corrected chi connectivity index (χ2v) is 6.83. The van der Waals surface area contributed by atoms with Crippen LogP contribution in [0.15, 0.2) is 61.7 Å². The Bertz CT molecular complexity index is 718. The summed E-state index contributed by atoms with van der Waals surface area (Å²) in [5.74, 6) is 0.521. The number of hydrogen-bond donors (Lipinski definition) is 3. The third kappa shape index (κ3) is 4.17. The highest BCUT2D eigenvalue weighted by atomic mass is 16.3. The first-order chi connectivity index (χ1) is 12.5. The molecule has 3 heteroatoms. The summed E-state index contributed by atoms with van der Waals surface area (Å²) in [6.45, 7) is 9.77. The van der Waals surface area contributed by atoms with Gasteiger partial charge in [-0.1, -0.05) is 43.3 Å². The molecular formula is C23H28O3. The van der Waals surface area contributed by atoms with E-state index in [-0.39, 0.29) is 23.5 Å². The molecule has 0 bridgehead atoms. The van der Waals surface area contributed by atoms with Crippen LogP contribution in [-0.2, 0) is 18.3 Å². The van der Waals surface area contributed by atoms with Crippen LogP contribution >= 0.6 is 0 Å². The zero-order chi connectivity index (χ0) is 19.2. The molecule has 0 radical (unpaired) electrons. The summed E-state index contributed by atoms with van der Waals surface area (Å²) >= 11 is 0. The summed E-state index contributed by atoms with van der Waals surface area (Å²) in [6.07, 6.45) is 6.13. The lowest BCUT2D eigenvalue weighted by Crippen LogP contribution is -2.24. The Morgan fingerprint density at radius 1 is 0.885 bits per heavy atom. The van der Waals surface area contributed by atoms with E-state index >= 15 is 0 Å². The summed E-state index contributed by atoms with van der Waals surface area (Å²) in [7, 11) is 0. The molecule has 0 heterocycles. The van der Waals surface area contributed by atoms with E-state index in [2.05, 4.69) is 20.1 Å². The Labute approximate surface area is 156 Å². The molecule has 0 amide bonds. The van der Waals surface area contributed by atoms with Crippen molar-refractivity contribution in [2.45, 2.75) is 38.0 Å². The van der Waals surface area contributed by atoms with Gasteiger partial charge in [-0.15, -0.1) is 13.2 Å². The molecule has 0 unspecified atom stereocenters. The van der Waals surface area contributed by atoms with Crippen molar-refractivity contribution < 1.29 is 15.3 Å². The lowest BCUT2D eigenvalue weighted by molar-refractivity contribution is 0.272. The van der Waals surface area contributed by atoms with Crippen LogP contribution in [0.3, 0.4) is 0 Å². The fraction of sp³-hybridized carbons (Fsp3) is 0.304. The SMILES string of the molecule is C=CCc1cc(C(C)(CCCO)c2ccc(O)c(CC=C)c2)ccc1O. The van der Waals surface area contributed by atoms with E-state index in [0.717, 1.165) is 28.7 Å². The largest absolute Gasteiger partial charge is 0.508 e. The normalized spacial score (nSPS) is 11.3. The lowest BCUT2D eigenvalue weighted by atomic mass is 9.72. The molecule has 0 aliphatic carbocycles. The van der Waals surface area contributed by atoms with Gasteiger partial charge in [0.2, 0.25) is 0 Å². The van der Waals surface area contributed by atoms with Crippen LogP contribution in [0, 0.1) is 0 Å². The lowest BCUT2D eigenvalue weighted by Gasteiger charge is -2.32. The summed E-state index contributed by atoms with van der Waals surface area (Å²) in [6, 6.07) is 11.3. The van der Waals surface area contributed by atoms with Crippen molar-refractivity contribution in [3.05, 3.63) is 84.0 Å². The minimum atomic E-state index is -0.351. The Hall–Kier alpha value is -2.52. The maximum atomic E-state index is 10.1. The van der Waals surface area contributed by atoms with Gasteiger partial charge in [-0.05, 0) is 60.1 Å². The number of rotatable bonds is 9. The average Bonchev–Trinajstić information content (AvgIpc) is 2.63. The van der Waals surface area contributed by atoms with E-state index in [0.29, 0.717) is 19.3 Å². The van der Waals surface area contributed by atoms with Gasteiger partial charge in [-0.3, -0.25) is 0 Å². The molecular weight excluding hydrogens is 324 g/mol. The van der Waals surface area contributed by atoms with E-state index in [1.807, 2.05) is 24.3 Å². The van der Waals surface area contributed by atoms with Crippen LogP contribution < -0.4 is 0 Å². The molecule has 2 aromatic carbocycles. The molecule has 2 aromatic rings. The van der Waals surface area contributed by atoms with Gasteiger partial charge in [-0.2, -0.15) is 0 Å². The summed E-state index contributed by atoms with van der Waals surface area (Å²) in [4.78, 5) is 0. The van der Waals surface area contributed by atoms with Gasteiger partial charge in [0, 0.05) is 12.0 Å². The fourth-order valence-corrected chi connectivity index (χ4v) is 3.38. The second kappa shape index (κ2) is 8.72. The van der Waals surface area contributed by atoms with Crippen LogP contribution in [0.5, 0.6) is 11.5 Å². The third-order valence-electron chi connectivity index (χ3n) is 5.00. The molecule has 0 aromatic heterocycles. The number of allylic oxidation sites excluding steroid dienone is 2. The van der Waals surface area contributed by atoms with E-state index in [1.54, 1.807) is 24.3 Å². The van der Waals surface area contributed by atoms with Crippen LogP contribution in [0.25, 0.3) is 0 Å². The Morgan fingerprint density at radius 2 is 1.35 bits per heavy atom. The predicted molar refractivity (Wildman–Crippen MR) is 107 cm³/mol. The van der Waals surface area contributed by atoms with Crippen LogP contribution in [0.1, 0.15) is 42.0 Å². The van der Waals surface area contributed by atoms with Crippen molar-refractivity contribution in [2.24, 2.45) is 0 Å². The quantitative estimate of drug-likeness (QED) is 0.577. The van der Waals surface area contributed by atoms with Gasteiger partial charge in [0.15, 0.2) is 0 Å². The molecule has 0 atom stereocenters. The van der Waals surface area contributed by atoms with Crippen LogP contribution in [-0.4, -0.2) is 21.9 Å². The van der Waals surface area contributed by atoms with Crippen LogP contribution in [0.2, 0.25) is 0 Å². The average molecular weight is 352 g/mol. The number of aromatic hydroxyl groups is 2. The molecule has 0 saturated heterocycles. The zero-order valence-electron chi connectivity index (χ0n) is 15.4. The standard InChI is InChI=1S/C23H28O3/c1-4-7-17-15-19(9-11-21(17)25)23(3,13-6-14-24)20-10-12-22(26)18(16-20)8-5-2/h4-5,9-12,15-16,24-26H,1-2,6-8,13-14H2,3H3. The van der Waals surface area contributed by atoms with Crippen molar-refractivity contribution >= 4 is 0 Å². The minimum Gasteiger partial charge on any atom is -0.508 e. The van der Waals surface area contributed by atoms with Crippen molar-refractivity contribution in [1.82, 2.24) is 0 Å². The third-order valence-corrected chi connectivity index (χ3v) is 5.00. The molecule has 138 valence electrons. The highest BCUT2D eigenvalue weighted by Gasteiger charge is 2.29. The minimum absolute atomic E-state index is 0.116. The van der Waals surface area contributed by atoms with E-state index in [9.17, 15) is 15.3 Å². The maximum absolute atomic E-state index is 10.1. The van der Waals surface area contributed by atoms with Gasteiger partial charge in [0.25, 0.3) is 0 Å². The number of aliphatic hydroxyl groups excluding tert-OH is 1. The summed E-state index contributed by atoms with van der Waals surface area (Å²) in [5, 5.41) is 29.6. The van der Waals surface area contributed by atoms with Crippen molar-refractivity contribution in [3.8, 4) is 11.5 Å². The number of phenolic OH excluding ortho intramolecular Hbond substituents is 2. The van der Waals surface area contributed by atoms with Gasteiger partial charge in [0.05, 0.1) is 0 Å². The van der Waals surface area contributed by atoms with Gasteiger partial charge in [-0.25, -0.2) is 0 Å². The number of phenols is 2. The second-order valence-electron chi connectivity index (χ2n) is 6.83. The van der Waals surface area contributed by atoms with Crippen molar-refractivity contribution in [3.63, 3.8) is 0 Å². The van der Waals surface area contributed by atoms with Crippen LogP contribution in [0.4, 0.5) is 0 Å². The monoisotopic (exact) mass is 352 g/mol. The molecule has 3 N–H and O–H groups in total. The van der Waals surface area contributed by atoms with Gasteiger partial charge in [0.1, 0.15) is 11.5 Å². The number of benzene rings is 2. The number of aliphatic hydroxyl groups is 1. The molecule has 2 rings (SSSR count). The first-order valence-electron chi connectivity index (χ1n) is 8.93. The molecule has 26 heavy (non-hydrogen) atoms. The van der Waals surface area contributed by atoms with E-state index in [4.69, 9.17) is 0 Å². The first kappa shape index (κ1) is 19.8. The van der Waals surface area contributed by atoms with Crippen molar-refractivity contribution in [1.29, 1.82) is 0 Å². The van der Waals surface area contributed by atoms with E-state index < -0.39 is 0 Å². The Morgan fingerprint density at radius 3 is 1.73 bits per heavy atom. The zero-order valence-corrected chi connectivity index (χ0v) is 15.4. The molecule has 3 nitrogen and oxygen atoms in total. The Kier molecular flexibility index (Phi) is 6.64. The predicted octanol–water partition coefficient (Wildman–Crippen LogP) is 4.63. The smallest absolute Gasteiger partial charge is 0.119 e. The molecule has 0 aliphatic heterocycles. The van der Waals surface area contributed by atoms with E-state index in [1.165, 1.54) is 0 Å². The molecule has 0 aliphatic rings.